The van der Waals surface area contributed by atoms with Gasteiger partial charge < -0.3 is 23.8 Å². The predicted molar refractivity (Wildman–Crippen MR) is 117 cm³/mol. The zero-order valence-corrected chi connectivity index (χ0v) is 18.3. The molecule has 0 spiro atoms. The van der Waals surface area contributed by atoms with E-state index in [-0.39, 0.29) is 24.9 Å². The minimum Gasteiger partial charge on any atom is -0.496 e. The van der Waals surface area contributed by atoms with Crippen LogP contribution in [0, 0.1) is 0 Å². The highest BCUT2D eigenvalue weighted by Crippen LogP contribution is 2.45. The van der Waals surface area contributed by atoms with Crippen molar-refractivity contribution in [1.29, 1.82) is 0 Å². The van der Waals surface area contributed by atoms with Crippen LogP contribution in [0.2, 0.25) is 0 Å². The van der Waals surface area contributed by atoms with Gasteiger partial charge in [-0.15, -0.1) is 0 Å². The lowest BCUT2D eigenvalue weighted by Gasteiger charge is -2.18. The van der Waals surface area contributed by atoms with Gasteiger partial charge in [-0.1, -0.05) is 18.2 Å². The molecule has 2 aromatic rings. The minimum atomic E-state index is -0.0731. The van der Waals surface area contributed by atoms with Gasteiger partial charge in [0.05, 0.1) is 14.2 Å². The van der Waals surface area contributed by atoms with Crippen LogP contribution in [0.3, 0.4) is 0 Å². The van der Waals surface area contributed by atoms with Gasteiger partial charge in [0.25, 0.3) is 0 Å². The van der Waals surface area contributed by atoms with Crippen molar-refractivity contribution in [2.45, 2.75) is 19.8 Å². The number of fused-ring (bicyclic) bond motifs is 1. The van der Waals surface area contributed by atoms with Crippen molar-refractivity contribution in [3.8, 4) is 23.0 Å². The highest BCUT2D eigenvalue weighted by atomic mass is 16.7. The molecule has 0 bridgehead atoms. The van der Waals surface area contributed by atoms with Crippen molar-refractivity contribution >= 4 is 17.8 Å². The number of benzene rings is 2. The number of carbonyl (C=O) groups excluding carboxylic acids is 2. The Labute approximate surface area is 182 Å². The molecule has 1 amide bonds. The molecule has 0 saturated heterocycles. The van der Waals surface area contributed by atoms with Crippen LogP contribution in [0.25, 0.3) is 6.08 Å². The Morgan fingerprint density at radius 2 is 1.90 bits per heavy atom. The van der Waals surface area contributed by atoms with E-state index in [1.54, 1.807) is 32.2 Å². The SMILES string of the molecule is COc1ccccc1CC(=O)C=Cc1c(CCN(C)C(C)=O)cc2c(c1OC)OCO2. The molecular formula is C24H27NO6. The van der Waals surface area contributed by atoms with E-state index in [0.29, 0.717) is 36.0 Å². The number of hydrogen-bond donors (Lipinski definition) is 0. The molecule has 0 saturated carbocycles. The molecule has 1 aliphatic rings. The van der Waals surface area contributed by atoms with Crippen LogP contribution in [0.1, 0.15) is 23.6 Å². The summed E-state index contributed by atoms with van der Waals surface area (Å²) >= 11 is 0. The second-order valence-electron chi connectivity index (χ2n) is 7.20. The van der Waals surface area contributed by atoms with E-state index < -0.39 is 0 Å². The van der Waals surface area contributed by atoms with Gasteiger partial charge in [0.1, 0.15) is 5.75 Å². The second-order valence-corrected chi connectivity index (χ2v) is 7.20. The fourth-order valence-electron chi connectivity index (χ4n) is 3.39. The number of para-hydroxylation sites is 1. The Hall–Kier alpha value is -3.48. The number of allylic oxidation sites excluding steroid dienone is 1. The third-order valence-corrected chi connectivity index (χ3v) is 5.19. The fourth-order valence-corrected chi connectivity index (χ4v) is 3.39. The van der Waals surface area contributed by atoms with Gasteiger partial charge in [0.2, 0.25) is 18.4 Å². The van der Waals surface area contributed by atoms with Crippen molar-refractivity contribution < 1.29 is 28.5 Å². The van der Waals surface area contributed by atoms with E-state index in [1.807, 2.05) is 30.3 Å². The topological polar surface area (TPSA) is 74.3 Å². The van der Waals surface area contributed by atoms with Crippen molar-refractivity contribution in [3.05, 3.63) is 53.1 Å². The Morgan fingerprint density at radius 1 is 1.13 bits per heavy atom. The largest absolute Gasteiger partial charge is 0.496 e. The summed E-state index contributed by atoms with van der Waals surface area (Å²) in [6, 6.07) is 9.32. The van der Waals surface area contributed by atoms with Crippen LogP contribution in [0.15, 0.2) is 36.4 Å². The summed E-state index contributed by atoms with van der Waals surface area (Å²) in [6.07, 6.45) is 4.06. The quantitative estimate of drug-likeness (QED) is 0.574. The third-order valence-electron chi connectivity index (χ3n) is 5.19. The molecular weight excluding hydrogens is 398 g/mol. The number of ether oxygens (including phenoxy) is 4. The average Bonchev–Trinajstić information content (AvgIpc) is 3.23. The van der Waals surface area contributed by atoms with Crippen molar-refractivity contribution in [2.75, 3.05) is 34.6 Å². The van der Waals surface area contributed by atoms with Crippen LogP contribution in [0.5, 0.6) is 23.0 Å². The molecule has 31 heavy (non-hydrogen) atoms. The van der Waals surface area contributed by atoms with Crippen molar-refractivity contribution in [3.63, 3.8) is 0 Å². The molecule has 0 fully saturated rings. The highest BCUT2D eigenvalue weighted by molar-refractivity contribution is 5.96. The van der Waals surface area contributed by atoms with E-state index in [0.717, 1.165) is 16.7 Å². The van der Waals surface area contributed by atoms with Gasteiger partial charge in [-0.25, -0.2) is 0 Å². The van der Waals surface area contributed by atoms with Crippen molar-refractivity contribution in [2.24, 2.45) is 0 Å². The molecule has 2 aromatic carbocycles. The maximum atomic E-state index is 12.7. The van der Waals surface area contributed by atoms with E-state index in [2.05, 4.69) is 0 Å². The summed E-state index contributed by atoms with van der Waals surface area (Å²) in [4.78, 5) is 25.9. The number of ketones is 1. The molecule has 0 atom stereocenters. The van der Waals surface area contributed by atoms with Crippen LogP contribution in [-0.2, 0) is 22.4 Å². The van der Waals surface area contributed by atoms with Crippen LogP contribution < -0.4 is 18.9 Å². The molecule has 0 aromatic heterocycles. The summed E-state index contributed by atoms with van der Waals surface area (Å²) < 4.78 is 22.0. The Morgan fingerprint density at radius 3 is 2.61 bits per heavy atom. The van der Waals surface area contributed by atoms with E-state index in [4.69, 9.17) is 18.9 Å². The van der Waals surface area contributed by atoms with Gasteiger partial charge in [-0.05, 0) is 36.3 Å². The molecule has 1 aliphatic heterocycles. The monoisotopic (exact) mass is 425 g/mol. The zero-order valence-electron chi connectivity index (χ0n) is 18.3. The first-order chi connectivity index (χ1) is 14.9. The predicted octanol–water partition coefficient (Wildman–Crippen LogP) is 3.28. The lowest BCUT2D eigenvalue weighted by atomic mass is 10.00. The molecule has 0 radical (unpaired) electrons. The molecule has 164 valence electrons. The normalized spacial score (nSPS) is 12.1. The number of hydrogen-bond acceptors (Lipinski definition) is 6. The first-order valence-electron chi connectivity index (χ1n) is 9.98. The number of methoxy groups -OCH3 is 2. The summed E-state index contributed by atoms with van der Waals surface area (Å²) in [5.41, 5.74) is 2.45. The first-order valence-corrected chi connectivity index (χ1v) is 9.98. The van der Waals surface area contributed by atoms with Crippen LogP contribution in [0.4, 0.5) is 0 Å². The van der Waals surface area contributed by atoms with Gasteiger partial charge in [-0.2, -0.15) is 0 Å². The molecule has 0 N–H and O–H groups in total. The van der Waals surface area contributed by atoms with E-state index in [9.17, 15) is 9.59 Å². The summed E-state index contributed by atoms with van der Waals surface area (Å²) in [5, 5.41) is 0. The summed E-state index contributed by atoms with van der Waals surface area (Å²) in [7, 11) is 4.89. The number of nitrogens with zero attached hydrogens (tertiary/aromatic N) is 1. The molecule has 7 nitrogen and oxygen atoms in total. The van der Waals surface area contributed by atoms with Gasteiger partial charge >= 0.3 is 0 Å². The van der Waals surface area contributed by atoms with Gasteiger partial charge in [0, 0.05) is 38.1 Å². The molecule has 0 aliphatic carbocycles. The Bertz CT molecular complexity index is 998. The second kappa shape index (κ2) is 10.0. The fraction of sp³-hybridized carbons (Fsp3) is 0.333. The molecule has 3 rings (SSSR count). The van der Waals surface area contributed by atoms with Crippen LogP contribution >= 0.6 is 0 Å². The van der Waals surface area contributed by atoms with E-state index >= 15 is 0 Å². The maximum Gasteiger partial charge on any atom is 0.231 e. The number of amides is 1. The summed E-state index contributed by atoms with van der Waals surface area (Å²) in [5.74, 6) is 2.21. The molecule has 1 heterocycles. The minimum absolute atomic E-state index is 0.0169. The number of rotatable bonds is 9. The standard InChI is InChI=1S/C24H27NO6/c1-16(26)25(2)12-11-17-14-22-24(31-15-30-22)23(29-4)20(17)10-9-19(27)13-18-7-5-6-8-21(18)28-3/h5-10,14H,11-13,15H2,1-4H3. The molecule has 7 heteroatoms. The van der Waals surface area contributed by atoms with Crippen LogP contribution in [-0.4, -0.2) is 51.2 Å². The molecule has 0 unspecified atom stereocenters. The number of carbonyl (C=O) groups is 2. The lowest BCUT2D eigenvalue weighted by Crippen LogP contribution is -2.26. The van der Waals surface area contributed by atoms with Gasteiger partial charge in [0.15, 0.2) is 17.3 Å². The van der Waals surface area contributed by atoms with E-state index in [1.165, 1.54) is 13.0 Å². The zero-order chi connectivity index (χ0) is 22.4. The average molecular weight is 425 g/mol. The Balaban J connectivity index is 1.89. The smallest absolute Gasteiger partial charge is 0.231 e. The third kappa shape index (κ3) is 5.17. The lowest BCUT2D eigenvalue weighted by molar-refractivity contribution is -0.127. The van der Waals surface area contributed by atoms with Gasteiger partial charge in [-0.3, -0.25) is 9.59 Å². The summed E-state index contributed by atoms with van der Waals surface area (Å²) in [6.45, 7) is 2.16. The maximum absolute atomic E-state index is 12.7. The first kappa shape index (κ1) is 22.2. The Kier molecular flexibility index (Phi) is 7.18. The number of likely N-dealkylation sites (N-methyl/N-ethyl adjacent to an activating group) is 1. The highest BCUT2D eigenvalue weighted by Gasteiger charge is 2.24. The van der Waals surface area contributed by atoms with Crippen molar-refractivity contribution in [1.82, 2.24) is 4.90 Å².